The summed E-state index contributed by atoms with van der Waals surface area (Å²) < 4.78 is 0. The van der Waals surface area contributed by atoms with Crippen LogP contribution >= 0.6 is 0 Å². The number of carbonyl (C=O) groups is 1. The van der Waals surface area contributed by atoms with E-state index in [0.717, 1.165) is 49.8 Å². The molecule has 0 aromatic carbocycles. The first-order valence-electron chi connectivity index (χ1n) is 11.2. The molecule has 3 aliphatic heterocycles. The fourth-order valence-corrected chi connectivity index (χ4v) is 5.38. The fourth-order valence-electron chi connectivity index (χ4n) is 5.38. The number of aryl methyl sites for hydroxylation is 2. The molecule has 28 heavy (non-hydrogen) atoms. The van der Waals surface area contributed by atoms with Crippen molar-refractivity contribution in [1.82, 2.24) is 20.2 Å². The highest BCUT2D eigenvalue weighted by Crippen LogP contribution is 2.30. The van der Waals surface area contributed by atoms with Crippen LogP contribution in [0.4, 0.5) is 5.95 Å². The average Bonchev–Trinajstić information content (AvgIpc) is 2.71. The van der Waals surface area contributed by atoms with Crippen LogP contribution < -0.4 is 10.2 Å². The third kappa shape index (κ3) is 4.48. The Kier molecular flexibility index (Phi) is 6.14. The van der Waals surface area contributed by atoms with Gasteiger partial charge in [0.25, 0.3) is 0 Å². The number of hydrogen-bond acceptors (Lipinski definition) is 5. The summed E-state index contributed by atoms with van der Waals surface area (Å²) in [5.41, 5.74) is 2.01. The third-order valence-corrected chi connectivity index (χ3v) is 6.89. The predicted octanol–water partition coefficient (Wildman–Crippen LogP) is 2.69. The molecule has 154 valence electrons. The maximum absolute atomic E-state index is 12.8. The van der Waals surface area contributed by atoms with E-state index in [-0.39, 0.29) is 11.8 Å². The van der Waals surface area contributed by atoms with Crippen LogP contribution in [0.2, 0.25) is 0 Å². The van der Waals surface area contributed by atoms with E-state index in [1.807, 2.05) is 19.9 Å². The lowest BCUT2D eigenvalue weighted by Gasteiger charge is -2.44. The number of nitrogens with zero attached hydrogens (tertiary/aromatic N) is 4. The van der Waals surface area contributed by atoms with Crippen LogP contribution in [0.25, 0.3) is 0 Å². The van der Waals surface area contributed by atoms with Crippen molar-refractivity contribution in [3.05, 3.63) is 17.5 Å². The van der Waals surface area contributed by atoms with Crippen LogP contribution in [0, 0.1) is 25.7 Å². The summed E-state index contributed by atoms with van der Waals surface area (Å²) >= 11 is 0. The molecule has 1 aromatic heterocycles. The fraction of sp³-hybridized carbons (Fsp3) is 0.773. The first-order valence-corrected chi connectivity index (χ1v) is 11.2. The van der Waals surface area contributed by atoms with Gasteiger partial charge >= 0.3 is 0 Å². The second kappa shape index (κ2) is 8.76. The lowest BCUT2D eigenvalue weighted by molar-refractivity contribution is -0.126. The second-order valence-electron chi connectivity index (χ2n) is 8.96. The van der Waals surface area contributed by atoms with E-state index >= 15 is 0 Å². The highest BCUT2D eigenvalue weighted by Gasteiger charge is 2.34. The van der Waals surface area contributed by atoms with Gasteiger partial charge in [0, 0.05) is 43.0 Å². The minimum Gasteiger partial charge on any atom is -0.356 e. The molecule has 2 unspecified atom stereocenters. The zero-order chi connectivity index (χ0) is 19.5. The van der Waals surface area contributed by atoms with Crippen molar-refractivity contribution < 1.29 is 4.79 Å². The van der Waals surface area contributed by atoms with Gasteiger partial charge in [0.05, 0.1) is 0 Å². The van der Waals surface area contributed by atoms with Crippen LogP contribution in [-0.4, -0.2) is 59.5 Å². The molecular formula is C22H35N5O. The van der Waals surface area contributed by atoms with Crippen molar-refractivity contribution in [2.45, 2.75) is 64.8 Å². The first kappa shape index (κ1) is 19.6. The maximum Gasteiger partial charge on any atom is 0.225 e. The minimum atomic E-state index is 0.133. The van der Waals surface area contributed by atoms with Gasteiger partial charge in [-0.25, -0.2) is 9.97 Å². The Morgan fingerprint density at radius 1 is 1.00 bits per heavy atom. The monoisotopic (exact) mass is 385 g/mol. The van der Waals surface area contributed by atoms with Gasteiger partial charge in [-0.05, 0) is 77.4 Å². The maximum atomic E-state index is 12.8. The first-order chi connectivity index (χ1) is 13.6. The van der Waals surface area contributed by atoms with Crippen molar-refractivity contribution in [2.75, 3.05) is 37.6 Å². The van der Waals surface area contributed by atoms with Crippen molar-refractivity contribution in [2.24, 2.45) is 11.8 Å². The number of carbonyl (C=O) groups excluding carboxylic acids is 1. The Hall–Kier alpha value is -1.69. The molecule has 1 amide bonds. The van der Waals surface area contributed by atoms with Crippen LogP contribution in [-0.2, 0) is 4.79 Å². The number of aromatic nitrogens is 2. The molecule has 4 rings (SSSR count). The smallest absolute Gasteiger partial charge is 0.225 e. The lowest BCUT2D eigenvalue weighted by Crippen LogP contribution is -2.51. The lowest BCUT2D eigenvalue weighted by atomic mass is 9.83. The van der Waals surface area contributed by atoms with E-state index in [9.17, 15) is 4.79 Å². The zero-order valence-electron chi connectivity index (χ0n) is 17.5. The average molecular weight is 386 g/mol. The van der Waals surface area contributed by atoms with Gasteiger partial charge < -0.3 is 15.1 Å². The molecule has 1 N–H and O–H groups in total. The Morgan fingerprint density at radius 2 is 1.71 bits per heavy atom. The number of anilines is 1. The molecule has 0 radical (unpaired) electrons. The second-order valence-corrected chi connectivity index (χ2v) is 8.96. The van der Waals surface area contributed by atoms with E-state index in [4.69, 9.17) is 0 Å². The number of piperidine rings is 3. The summed E-state index contributed by atoms with van der Waals surface area (Å²) in [7, 11) is 0. The molecule has 6 nitrogen and oxygen atoms in total. The van der Waals surface area contributed by atoms with Gasteiger partial charge in [-0.3, -0.25) is 4.79 Å². The normalized spacial score (nSPS) is 26.7. The standard InChI is InChI=1S/C22H35N5O/c1-16-14-17(2)25-22(24-16)27-12-8-18(9-13-27)21(28)23-15-19-6-5-11-26-10-4-3-7-20(19)26/h14,18-20H,3-13,15H2,1-2H3,(H,23,28). The molecular weight excluding hydrogens is 350 g/mol. The number of nitrogens with one attached hydrogen (secondary N) is 1. The topological polar surface area (TPSA) is 61.4 Å². The van der Waals surface area contributed by atoms with Gasteiger partial charge in [-0.2, -0.15) is 0 Å². The molecule has 3 saturated heterocycles. The molecule has 0 saturated carbocycles. The summed E-state index contributed by atoms with van der Waals surface area (Å²) in [4.78, 5) is 26.8. The van der Waals surface area contributed by atoms with E-state index in [1.54, 1.807) is 0 Å². The van der Waals surface area contributed by atoms with E-state index < -0.39 is 0 Å². The summed E-state index contributed by atoms with van der Waals surface area (Å²) in [6, 6.07) is 2.70. The molecule has 2 atom stereocenters. The Balaban J connectivity index is 1.26. The quantitative estimate of drug-likeness (QED) is 0.863. The minimum absolute atomic E-state index is 0.133. The Labute approximate surface area is 169 Å². The summed E-state index contributed by atoms with van der Waals surface area (Å²) in [5, 5.41) is 3.31. The zero-order valence-corrected chi connectivity index (χ0v) is 17.5. The Bertz CT molecular complexity index is 663. The summed E-state index contributed by atoms with van der Waals surface area (Å²) in [5.74, 6) is 1.85. The van der Waals surface area contributed by atoms with Crippen molar-refractivity contribution in [3.63, 3.8) is 0 Å². The molecule has 3 fully saturated rings. The van der Waals surface area contributed by atoms with Gasteiger partial charge in [0.2, 0.25) is 11.9 Å². The van der Waals surface area contributed by atoms with Crippen molar-refractivity contribution in [3.8, 4) is 0 Å². The molecule has 6 heteroatoms. The molecule has 0 aliphatic carbocycles. The van der Waals surface area contributed by atoms with Gasteiger partial charge in [0.15, 0.2) is 0 Å². The van der Waals surface area contributed by atoms with Gasteiger partial charge in [-0.15, -0.1) is 0 Å². The largest absolute Gasteiger partial charge is 0.356 e. The molecule has 4 heterocycles. The molecule has 1 aromatic rings. The van der Waals surface area contributed by atoms with Crippen LogP contribution in [0.3, 0.4) is 0 Å². The number of rotatable bonds is 4. The third-order valence-electron chi connectivity index (χ3n) is 6.89. The number of fused-ring (bicyclic) bond motifs is 1. The number of hydrogen-bond donors (Lipinski definition) is 1. The van der Waals surface area contributed by atoms with Crippen LogP contribution in [0.5, 0.6) is 0 Å². The summed E-state index contributed by atoms with van der Waals surface area (Å²) in [6.07, 6.45) is 8.35. The highest BCUT2D eigenvalue weighted by molar-refractivity contribution is 5.78. The van der Waals surface area contributed by atoms with E-state index in [1.165, 1.54) is 45.2 Å². The highest BCUT2D eigenvalue weighted by atomic mass is 16.1. The van der Waals surface area contributed by atoms with Crippen LogP contribution in [0.15, 0.2) is 6.07 Å². The van der Waals surface area contributed by atoms with Crippen molar-refractivity contribution in [1.29, 1.82) is 0 Å². The van der Waals surface area contributed by atoms with Gasteiger partial charge in [-0.1, -0.05) is 6.42 Å². The van der Waals surface area contributed by atoms with Gasteiger partial charge in [0.1, 0.15) is 0 Å². The van der Waals surface area contributed by atoms with Crippen molar-refractivity contribution >= 4 is 11.9 Å². The van der Waals surface area contributed by atoms with Crippen LogP contribution in [0.1, 0.15) is 56.3 Å². The predicted molar refractivity (Wildman–Crippen MR) is 111 cm³/mol. The number of amides is 1. The molecule has 3 aliphatic rings. The SMILES string of the molecule is Cc1cc(C)nc(N2CCC(C(=O)NCC3CCCN4CCCCC34)CC2)n1. The van der Waals surface area contributed by atoms with E-state index in [0.29, 0.717) is 12.0 Å². The van der Waals surface area contributed by atoms with E-state index in [2.05, 4.69) is 25.1 Å². The summed E-state index contributed by atoms with van der Waals surface area (Å²) in [6.45, 7) is 9.12. The molecule has 0 spiro atoms. The Morgan fingerprint density at radius 3 is 2.46 bits per heavy atom. The molecule has 0 bridgehead atoms.